The molecule has 29 heavy (non-hydrogen) atoms. The minimum absolute atomic E-state index is 0.0869. The molecule has 1 spiro atoms. The van der Waals surface area contributed by atoms with Gasteiger partial charge < -0.3 is 4.90 Å². The highest BCUT2D eigenvalue weighted by atomic mass is 32.2. The lowest BCUT2D eigenvalue weighted by molar-refractivity contribution is -0.0509. The Bertz CT molecular complexity index is 1120. The van der Waals surface area contributed by atoms with Crippen molar-refractivity contribution in [2.24, 2.45) is 10.3 Å². The number of nitrogens with zero attached hydrogens (tertiary/aromatic N) is 4. The molecule has 6 nitrogen and oxygen atoms in total. The van der Waals surface area contributed by atoms with Crippen LogP contribution in [0.15, 0.2) is 71.0 Å². The van der Waals surface area contributed by atoms with Crippen LogP contribution in [0.5, 0.6) is 0 Å². The molecule has 0 bridgehead atoms. The molecule has 0 saturated carbocycles. The summed E-state index contributed by atoms with van der Waals surface area (Å²) in [5.41, 5.74) is -4.57. The molecule has 152 valence electrons. The summed E-state index contributed by atoms with van der Waals surface area (Å²) in [4.78, 5) is 1.49. The van der Waals surface area contributed by atoms with Gasteiger partial charge in [0.2, 0.25) is 0 Å². The zero-order valence-corrected chi connectivity index (χ0v) is 16.3. The molecule has 2 aliphatic rings. The maximum atomic E-state index is 13.4. The Kier molecular flexibility index (Phi) is 4.23. The number of halogens is 3. The van der Waals surface area contributed by atoms with E-state index in [4.69, 9.17) is 0 Å². The average Bonchev–Trinajstić information content (AvgIpc) is 3.02. The van der Waals surface area contributed by atoms with Crippen molar-refractivity contribution in [3.05, 3.63) is 71.8 Å². The van der Waals surface area contributed by atoms with Crippen LogP contribution in [-0.2, 0) is 10.0 Å². The zero-order valence-electron chi connectivity index (χ0n) is 15.5. The molecule has 0 radical (unpaired) electrons. The van der Waals surface area contributed by atoms with Crippen LogP contribution in [0.1, 0.15) is 18.1 Å². The SMILES string of the molecule is C[C@@H]1N=NN(S(=O)(=O)C(F)(F)F)[C@]12C=C(c1ccccc1)c1ccccc1N2C. The van der Waals surface area contributed by atoms with E-state index in [-0.39, 0.29) is 4.41 Å². The molecule has 0 saturated heterocycles. The Morgan fingerprint density at radius 1 is 1.03 bits per heavy atom. The molecule has 0 N–H and O–H groups in total. The Morgan fingerprint density at radius 3 is 2.31 bits per heavy atom. The van der Waals surface area contributed by atoms with E-state index in [1.165, 1.54) is 11.0 Å². The van der Waals surface area contributed by atoms with Gasteiger partial charge in [0.15, 0.2) is 5.66 Å². The van der Waals surface area contributed by atoms with E-state index < -0.39 is 27.2 Å². The summed E-state index contributed by atoms with van der Waals surface area (Å²) in [6.07, 6.45) is 1.51. The second-order valence-electron chi connectivity index (χ2n) is 6.86. The van der Waals surface area contributed by atoms with Gasteiger partial charge in [0, 0.05) is 18.3 Å². The molecule has 0 amide bonds. The number of hydrogen-bond acceptors (Lipinski definition) is 5. The third kappa shape index (κ3) is 2.65. The third-order valence-electron chi connectivity index (χ3n) is 5.28. The number of benzene rings is 2. The summed E-state index contributed by atoms with van der Waals surface area (Å²) >= 11 is 0. The van der Waals surface area contributed by atoms with Gasteiger partial charge >= 0.3 is 15.5 Å². The van der Waals surface area contributed by atoms with Gasteiger partial charge in [-0.1, -0.05) is 53.8 Å². The van der Waals surface area contributed by atoms with E-state index in [1.807, 2.05) is 30.3 Å². The highest BCUT2D eigenvalue weighted by molar-refractivity contribution is 7.90. The fourth-order valence-corrected chi connectivity index (χ4v) is 4.84. The van der Waals surface area contributed by atoms with Crippen molar-refractivity contribution < 1.29 is 21.6 Å². The third-order valence-corrected chi connectivity index (χ3v) is 6.69. The lowest BCUT2D eigenvalue weighted by Gasteiger charge is -2.47. The number of para-hydroxylation sites is 1. The standard InChI is InChI=1S/C19H17F3N4O2S/c1-13-18(26(24-23-13)29(27,28)19(20,21)22)12-16(14-8-4-3-5-9-14)15-10-6-7-11-17(15)25(18)2/h3-13H,1-2H3/t13-,18+/m0/s1. The second-order valence-corrected chi connectivity index (χ2v) is 8.62. The van der Waals surface area contributed by atoms with Crippen LogP contribution in [0.25, 0.3) is 5.57 Å². The van der Waals surface area contributed by atoms with Crippen LogP contribution < -0.4 is 4.90 Å². The van der Waals surface area contributed by atoms with E-state index in [0.717, 1.165) is 11.1 Å². The molecule has 0 aromatic heterocycles. The molecular formula is C19H17F3N4O2S. The first kappa shape index (κ1) is 19.4. The summed E-state index contributed by atoms with van der Waals surface area (Å²) in [6.45, 7) is 1.54. The van der Waals surface area contributed by atoms with Gasteiger partial charge in [0.1, 0.15) is 6.04 Å². The Hall–Kier alpha value is -2.88. The minimum atomic E-state index is -5.77. The summed E-state index contributed by atoms with van der Waals surface area (Å²) < 4.78 is 65.1. The van der Waals surface area contributed by atoms with E-state index in [1.54, 1.807) is 38.2 Å². The number of rotatable bonds is 2. The average molecular weight is 422 g/mol. The molecular weight excluding hydrogens is 405 g/mol. The highest BCUT2D eigenvalue weighted by Crippen LogP contribution is 2.49. The van der Waals surface area contributed by atoms with Gasteiger partial charge in [-0.15, -0.1) is 4.41 Å². The Labute approximate surface area is 166 Å². The quantitative estimate of drug-likeness (QED) is 0.729. The van der Waals surface area contributed by atoms with Crippen LogP contribution in [-0.4, -0.2) is 37.1 Å². The second kappa shape index (κ2) is 6.31. The van der Waals surface area contributed by atoms with Crippen molar-refractivity contribution in [1.82, 2.24) is 4.41 Å². The molecule has 2 aliphatic heterocycles. The molecule has 0 unspecified atom stereocenters. The number of alkyl halides is 3. The predicted molar refractivity (Wildman–Crippen MR) is 102 cm³/mol. The van der Waals surface area contributed by atoms with Crippen molar-refractivity contribution in [2.75, 3.05) is 11.9 Å². The van der Waals surface area contributed by atoms with Gasteiger partial charge in [0.05, 0.1) is 0 Å². The van der Waals surface area contributed by atoms with Crippen LogP contribution in [0.2, 0.25) is 0 Å². The first-order chi connectivity index (χ1) is 13.6. The van der Waals surface area contributed by atoms with E-state index in [0.29, 0.717) is 11.3 Å². The first-order valence-corrected chi connectivity index (χ1v) is 10.2. The lowest BCUT2D eigenvalue weighted by Crippen LogP contribution is -2.64. The van der Waals surface area contributed by atoms with Gasteiger partial charge in [-0.25, -0.2) is 0 Å². The predicted octanol–water partition coefficient (Wildman–Crippen LogP) is 4.19. The van der Waals surface area contributed by atoms with Crippen molar-refractivity contribution >= 4 is 21.3 Å². The normalized spacial score (nSPS) is 24.0. The largest absolute Gasteiger partial charge is 0.518 e. The van der Waals surface area contributed by atoms with Gasteiger partial charge in [-0.2, -0.15) is 26.7 Å². The molecule has 4 rings (SSSR count). The molecule has 2 aromatic rings. The van der Waals surface area contributed by atoms with Crippen LogP contribution >= 0.6 is 0 Å². The zero-order chi connectivity index (χ0) is 21.0. The molecule has 2 aromatic carbocycles. The van der Waals surface area contributed by atoms with E-state index >= 15 is 0 Å². The maximum Gasteiger partial charge on any atom is 0.518 e. The van der Waals surface area contributed by atoms with Gasteiger partial charge in [0.25, 0.3) is 0 Å². The summed E-state index contributed by atoms with van der Waals surface area (Å²) in [7, 11) is -4.23. The lowest BCUT2D eigenvalue weighted by atomic mass is 9.85. The van der Waals surface area contributed by atoms with Crippen LogP contribution in [0.3, 0.4) is 0 Å². The van der Waals surface area contributed by atoms with Crippen molar-refractivity contribution in [3.63, 3.8) is 0 Å². The Balaban J connectivity index is 2.02. The first-order valence-electron chi connectivity index (χ1n) is 8.74. The fraction of sp³-hybridized carbons (Fsp3) is 0.263. The number of fused-ring (bicyclic) bond motifs is 1. The molecule has 0 fully saturated rings. The smallest absolute Gasteiger partial charge is 0.344 e. The molecule has 0 aliphatic carbocycles. The number of anilines is 1. The van der Waals surface area contributed by atoms with Gasteiger partial charge in [-0.3, -0.25) is 0 Å². The topological polar surface area (TPSA) is 65.3 Å². The number of hydrogen-bond donors (Lipinski definition) is 0. The van der Waals surface area contributed by atoms with Crippen LogP contribution in [0.4, 0.5) is 18.9 Å². The molecule has 2 atom stereocenters. The Morgan fingerprint density at radius 2 is 1.66 bits per heavy atom. The molecule has 10 heteroatoms. The van der Waals surface area contributed by atoms with Gasteiger partial charge in [-0.05, 0) is 30.2 Å². The van der Waals surface area contributed by atoms with E-state index in [2.05, 4.69) is 10.3 Å². The van der Waals surface area contributed by atoms with Crippen molar-refractivity contribution in [3.8, 4) is 0 Å². The monoisotopic (exact) mass is 422 g/mol. The van der Waals surface area contributed by atoms with Crippen LogP contribution in [0, 0.1) is 0 Å². The minimum Gasteiger partial charge on any atom is -0.344 e. The summed E-state index contributed by atoms with van der Waals surface area (Å²) in [6, 6.07) is 15.3. The van der Waals surface area contributed by atoms with E-state index in [9.17, 15) is 21.6 Å². The fourth-order valence-electron chi connectivity index (χ4n) is 3.79. The summed E-state index contributed by atoms with van der Waals surface area (Å²) in [5, 5.41) is 7.26. The highest BCUT2D eigenvalue weighted by Gasteiger charge is 2.63. The van der Waals surface area contributed by atoms with Crippen molar-refractivity contribution in [1.29, 1.82) is 0 Å². The number of likely N-dealkylation sites (N-methyl/N-ethyl adjacent to an activating group) is 1. The maximum absolute atomic E-state index is 13.4. The molecule has 2 heterocycles. The van der Waals surface area contributed by atoms with Crippen molar-refractivity contribution in [2.45, 2.75) is 24.1 Å². The number of sulfonamides is 1. The summed E-state index contributed by atoms with van der Waals surface area (Å²) in [5.74, 6) is 0.